The second kappa shape index (κ2) is 6.85. The van der Waals surface area contributed by atoms with Gasteiger partial charge in [0.1, 0.15) is 5.82 Å². The van der Waals surface area contributed by atoms with Gasteiger partial charge >= 0.3 is 0 Å². The maximum Gasteiger partial charge on any atom is 0.234 e. The maximum absolute atomic E-state index is 13.0. The molecule has 0 heterocycles. The van der Waals surface area contributed by atoms with Crippen LogP contribution in [0.3, 0.4) is 0 Å². The normalized spacial score (nSPS) is 10.1. The van der Waals surface area contributed by atoms with Crippen molar-refractivity contribution >= 4 is 11.6 Å². The molecule has 0 bridgehead atoms. The van der Waals surface area contributed by atoms with E-state index in [1.165, 1.54) is 12.1 Å². The highest BCUT2D eigenvalue weighted by molar-refractivity contribution is 5.77. The quantitative estimate of drug-likeness (QED) is 0.764. The lowest BCUT2D eigenvalue weighted by atomic mass is 10.3. The van der Waals surface area contributed by atoms with Crippen LogP contribution >= 0.6 is 0 Å². The second-order valence-corrected chi connectivity index (χ2v) is 3.78. The SMILES string of the molecule is CNCC(=O)NCCN(C)c1cccc(F)c1. The van der Waals surface area contributed by atoms with Crippen molar-refractivity contribution in [1.29, 1.82) is 0 Å². The van der Waals surface area contributed by atoms with Crippen LogP contribution in [0.4, 0.5) is 10.1 Å². The van der Waals surface area contributed by atoms with E-state index in [1.807, 2.05) is 18.0 Å². The lowest BCUT2D eigenvalue weighted by Crippen LogP contribution is -2.37. The number of nitrogens with zero attached hydrogens (tertiary/aromatic N) is 1. The Labute approximate surface area is 101 Å². The van der Waals surface area contributed by atoms with Crippen LogP contribution in [0.5, 0.6) is 0 Å². The molecule has 0 aliphatic rings. The smallest absolute Gasteiger partial charge is 0.234 e. The van der Waals surface area contributed by atoms with E-state index in [0.717, 1.165) is 5.69 Å². The Morgan fingerprint density at radius 2 is 2.24 bits per heavy atom. The minimum Gasteiger partial charge on any atom is -0.373 e. The van der Waals surface area contributed by atoms with Gasteiger partial charge in [-0.2, -0.15) is 0 Å². The van der Waals surface area contributed by atoms with Crippen LogP contribution in [0.1, 0.15) is 0 Å². The van der Waals surface area contributed by atoms with Crippen LogP contribution in [-0.4, -0.2) is 39.6 Å². The molecule has 1 aromatic rings. The topological polar surface area (TPSA) is 44.4 Å². The van der Waals surface area contributed by atoms with E-state index in [2.05, 4.69) is 10.6 Å². The fraction of sp³-hybridized carbons (Fsp3) is 0.417. The first-order valence-corrected chi connectivity index (χ1v) is 5.51. The van der Waals surface area contributed by atoms with E-state index in [0.29, 0.717) is 19.6 Å². The maximum atomic E-state index is 13.0. The van der Waals surface area contributed by atoms with Crippen molar-refractivity contribution in [3.8, 4) is 0 Å². The number of likely N-dealkylation sites (N-methyl/N-ethyl adjacent to an activating group) is 2. The van der Waals surface area contributed by atoms with E-state index in [1.54, 1.807) is 13.1 Å². The van der Waals surface area contributed by atoms with E-state index >= 15 is 0 Å². The van der Waals surface area contributed by atoms with Crippen LogP contribution in [-0.2, 0) is 4.79 Å². The van der Waals surface area contributed by atoms with Gasteiger partial charge in [0, 0.05) is 25.8 Å². The second-order valence-electron chi connectivity index (χ2n) is 3.78. The van der Waals surface area contributed by atoms with E-state index in [-0.39, 0.29) is 11.7 Å². The van der Waals surface area contributed by atoms with Crippen molar-refractivity contribution < 1.29 is 9.18 Å². The van der Waals surface area contributed by atoms with Gasteiger partial charge in [0.2, 0.25) is 5.91 Å². The highest BCUT2D eigenvalue weighted by Gasteiger charge is 2.03. The van der Waals surface area contributed by atoms with E-state index in [4.69, 9.17) is 0 Å². The fourth-order valence-corrected chi connectivity index (χ4v) is 1.43. The van der Waals surface area contributed by atoms with Gasteiger partial charge in [-0.3, -0.25) is 4.79 Å². The van der Waals surface area contributed by atoms with Crippen LogP contribution in [0, 0.1) is 5.82 Å². The summed E-state index contributed by atoms with van der Waals surface area (Å²) in [7, 11) is 3.58. The average Bonchev–Trinajstić information content (AvgIpc) is 2.29. The van der Waals surface area contributed by atoms with E-state index in [9.17, 15) is 9.18 Å². The highest BCUT2D eigenvalue weighted by Crippen LogP contribution is 2.12. The largest absolute Gasteiger partial charge is 0.373 e. The van der Waals surface area contributed by atoms with E-state index < -0.39 is 0 Å². The summed E-state index contributed by atoms with van der Waals surface area (Å²) in [5.74, 6) is -0.297. The molecule has 0 aliphatic heterocycles. The number of amides is 1. The van der Waals surface area contributed by atoms with Gasteiger partial charge in [-0.25, -0.2) is 4.39 Å². The van der Waals surface area contributed by atoms with Crippen LogP contribution < -0.4 is 15.5 Å². The summed E-state index contributed by atoms with van der Waals surface area (Å²) in [4.78, 5) is 13.1. The Morgan fingerprint density at radius 3 is 2.88 bits per heavy atom. The van der Waals surface area contributed by atoms with Gasteiger partial charge < -0.3 is 15.5 Å². The van der Waals surface area contributed by atoms with Crippen LogP contribution in [0.15, 0.2) is 24.3 Å². The minimum atomic E-state index is -0.256. The Kier molecular flexibility index (Phi) is 5.42. The zero-order valence-electron chi connectivity index (χ0n) is 10.2. The highest BCUT2D eigenvalue weighted by atomic mass is 19.1. The third kappa shape index (κ3) is 4.82. The summed E-state index contributed by atoms with van der Waals surface area (Å²) < 4.78 is 13.0. The number of hydrogen-bond donors (Lipinski definition) is 2. The van der Waals surface area contributed by atoms with Crippen molar-refractivity contribution in [2.45, 2.75) is 0 Å². The first kappa shape index (κ1) is 13.4. The monoisotopic (exact) mass is 239 g/mol. The van der Waals surface area contributed by atoms with Crippen molar-refractivity contribution in [2.75, 3.05) is 38.6 Å². The van der Waals surface area contributed by atoms with Crippen LogP contribution in [0.25, 0.3) is 0 Å². The first-order chi connectivity index (χ1) is 8.13. The fourth-order valence-electron chi connectivity index (χ4n) is 1.43. The Hall–Kier alpha value is -1.62. The molecule has 0 radical (unpaired) electrons. The third-order valence-corrected chi connectivity index (χ3v) is 2.36. The summed E-state index contributed by atoms with van der Waals surface area (Å²) in [6, 6.07) is 6.38. The molecule has 1 rings (SSSR count). The van der Waals surface area contributed by atoms with Gasteiger partial charge in [0.15, 0.2) is 0 Å². The van der Waals surface area contributed by atoms with Crippen LogP contribution in [0.2, 0.25) is 0 Å². The molecule has 0 aromatic heterocycles. The Bertz CT molecular complexity index is 371. The molecule has 0 spiro atoms. The van der Waals surface area contributed by atoms with Gasteiger partial charge in [-0.05, 0) is 25.2 Å². The molecule has 0 atom stereocenters. The molecule has 5 heteroatoms. The lowest BCUT2D eigenvalue weighted by molar-refractivity contribution is -0.120. The molecule has 94 valence electrons. The molecule has 0 unspecified atom stereocenters. The van der Waals surface area contributed by atoms with Gasteiger partial charge in [-0.15, -0.1) is 0 Å². The molecule has 4 nitrogen and oxygen atoms in total. The third-order valence-electron chi connectivity index (χ3n) is 2.36. The predicted octanol–water partition coefficient (Wildman–Crippen LogP) is 0.597. The molecule has 17 heavy (non-hydrogen) atoms. The first-order valence-electron chi connectivity index (χ1n) is 5.51. The number of nitrogens with one attached hydrogen (secondary N) is 2. The molecular weight excluding hydrogens is 221 g/mol. The standard InChI is InChI=1S/C12H18FN3O/c1-14-9-12(17)15-6-7-16(2)11-5-3-4-10(13)8-11/h3-5,8,14H,6-7,9H2,1-2H3,(H,15,17). The van der Waals surface area contributed by atoms with Gasteiger partial charge in [-0.1, -0.05) is 6.07 Å². The zero-order chi connectivity index (χ0) is 12.7. The number of carbonyl (C=O) groups excluding carboxylic acids is 1. The predicted molar refractivity (Wildman–Crippen MR) is 66.6 cm³/mol. The molecule has 0 saturated heterocycles. The molecule has 0 saturated carbocycles. The number of carbonyl (C=O) groups is 1. The summed E-state index contributed by atoms with van der Waals surface area (Å²) >= 11 is 0. The van der Waals surface area contributed by atoms with Crippen molar-refractivity contribution in [1.82, 2.24) is 10.6 Å². The van der Waals surface area contributed by atoms with Crippen molar-refractivity contribution in [3.05, 3.63) is 30.1 Å². The summed E-state index contributed by atoms with van der Waals surface area (Å²) in [6.45, 7) is 1.48. The van der Waals surface area contributed by atoms with Crippen molar-refractivity contribution in [2.24, 2.45) is 0 Å². The minimum absolute atomic E-state index is 0.0415. The molecule has 1 aromatic carbocycles. The Morgan fingerprint density at radius 1 is 1.47 bits per heavy atom. The molecule has 1 amide bonds. The average molecular weight is 239 g/mol. The summed E-state index contributed by atoms with van der Waals surface area (Å²) in [6.07, 6.45) is 0. The van der Waals surface area contributed by atoms with Gasteiger partial charge in [0.25, 0.3) is 0 Å². The zero-order valence-corrected chi connectivity index (χ0v) is 10.2. The number of hydrogen-bond acceptors (Lipinski definition) is 3. The summed E-state index contributed by atoms with van der Waals surface area (Å²) in [5, 5.41) is 5.53. The number of rotatable bonds is 6. The molecular formula is C12H18FN3O. The molecule has 0 fully saturated rings. The number of halogens is 1. The Balaban J connectivity index is 2.35. The van der Waals surface area contributed by atoms with Crippen molar-refractivity contribution in [3.63, 3.8) is 0 Å². The molecule has 2 N–H and O–H groups in total. The molecule has 0 aliphatic carbocycles. The summed E-state index contributed by atoms with van der Waals surface area (Å²) in [5.41, 5.74) is 0.799. The van der Waals surface area contributed by atoms with Gasteiger partial charge in [0.05, 0.1) is 6.54 Å². The number of benzene rings is 1. The lowest BCUT2D eigenvalue weighted by Gasteiger charge is -2.19. The number of anilines is 1.